The third kappa shape index (κ3) is 7.83. The number of hydrogen-bond acceptors (Lipinski definition) is 10. The Morgan fingerprint density at radius 2 is 1.59 bits per heavy atom. The molecule has 0 atom stereocenters. The normalized spacial score (nSPS) is 12.8. The quantitative estimate of drug-likeness (QED) is 0.219. The van der Waals surface area contributed by atoms with E-state index in [0.29, 0.717) is 12.1 Å². The number of pyridine rings is 1. The number of benzene rings is 2. The fourth-order valence-electron chi connectivity index (χ4n) is 3.96. The maximum absolute atomic E-state index is 13.4. The number of aromatic nitrogens is 3. The highest BCUT2D eigenvalue weighted by Crippen LogP contribution is 2.33. The van der Waals surface area contributed by atoms with Crippen molar-refractivity contribution in [2.75, 3.05) is 30.5 Å². The second-order valence-corrected chi connectivity index (χ2v) is 12.9. The summed E-state index contributed by atoms with van der Waals surface area (Å²) in [7, 11) is -6.97. The number of primary sulfonamides is 1. The lowest BCUT2D eigenvalue weighted by Gasteiger charge is -2.15. The molecule has 0 amide bonds. The van der Waals surface area contributed by atoms with Gasteiger partial charge in [-0.25, -0.2) is 31.9 Å². The Bertz CT molecular complexity index is 1950. The molecule has 2 heterocycles. The van der Waals surface area contributed by atoms with E-state index in [0.717, 1.165) is 12.3 Å². The lowest BCUT2D eigenvalue weighted by atomic mass is 10.1. The van der Waals surface area contributed by atoms with Gasteiger partial charge in [-0.3, -0.25) is 0 Å². The highest BCUT2D eigenvalue weighted by atomic mass is 32.2. The van der Waals surface area contributed by atoms with Gasteiger partial charge >= 0.3 is 12.4 Å². The number of nitrogens with zero attached hydrogens (tertiary/aromatic N) is 3. The molecule has 11 nitrogen and oxygen atoms in total. The van der Waals surface area contributed by atoms with Crippen LogP contribution < -0.4 is 20.5 Å². The Balaban J connectivity index is 1.76. The molecule has 0 aliphatic carbocycles. The maximum atomic E-state index is 13.4. The van der Waals surface area contributed by atoms with E-state index in [1.165, 1.54) is 37.4 Å². The van der Waals surface area contributed by atoms with Crippen LogP contribution in [0.5, 0.6) is 5.75 Å². The van der Waals surface area contributed by atoms with Gasteiger partial charge in [0, 0.05) is 18.4 Å². The zero-order valence-corrected chi connectivity index (χ0v) is 24.2. The summed E-state index contributed by atoms with van der Waals surface area (Å²) < 4.78 is 132. The number of fused-ring (bicyclic) bond motifs is 1. The van der Waals surface area contributed by atoms with Gasteiger partial charge in [0.25, 0.3) is 0 Å². The van der Waals surface area contributed by atoms with E-state index in [1.807, 2.05) is 0 Å². The van der Waals surface area contributed by atoms with Crippen LogP contribution in [0.1, 0.15) is 11.1 Å². The van der Waals surface area contributed by atoms with Gasteiger partial charge in [-0.2, -0.15) is 31.3 Å². The van der Waals surface area contributed by atoms with Gasteiger partial charge in [-0.1, -0.05) is 0 Å². The third-order valence-corrected chi connectivity index (χ3v) is 7.94. The summed E-state index contributed by atoms with van der Waals surface area (Å²) in [4.78, 5) is 11.6. The average Bonchev–Trinajstić information content (AvgIpc) is 2.92. The van der Waals surface area contributed by atoms with E-state index in [9.17, 15) is 43.2 Å². The molecule has 236 valence electrons. The first-order valence-corrected chi connectivity index (χ1v) is 15.5. The smallest absolute Gasteiger partial charge is 0.416 e. The molecular formula is C25H22F6N6O5S2. The number of anilines is 2. The Labute approximate surface area is 246 Å². The molecule has 44 heavy (non-hydrogen) atoms. The first kappa shape index (κ1) is 32.7. The second-order valence-electron chi connectivity index (χ2n) is 9.33. The number of sulfonamides is 1. The average molecular weight is 665 g/mol. The van der Waals surface area contributed by atoms with Gasteiger partial charge in [-0.05, 0) is 54.1 Å². The van der Waals surface area contributed by atoms with Gasteiger partial charge in [0.15, 0.2) is 15.7 Å². The molecule has 4 N–H and O–H groups in total. The van der Waals surface area contributed by atoms with E-state index in [1.54, 1.807) is 0 Å². The molecule has 0 spiro atoms. The fraction of sp³-hybridized carbons (Fsp3) is 0.240. The number of nitrogens with one attached hydrogen (secondary N) is 2. The fourth-order valence-corrected chi connectivity index (χ4v) is 5.42. The number of sulfone groups is 1. The van der Waals surface area contributed by atoms with Crippen molar-refractivity contribution in [1.29, 1.82) is 0 Å². The van der Waals surface area contributed by atoms with Gasteiger partial charge < -0.3 is 15.4 Å². The Morgan fingerprint density at radius 3 is 2.18 bits per heavy atom. The topological polar surface area (TPSA) is 166 Å². The van der Waals surface area contributed by atoms with Crippen molar-refractivity contribution in [3.8, 4) is 17.0 Å². The molecule has 0 radical (unpaired) electrons. The van der Waals surface area contributed by atoms with Crippen LogP contribution in [0.3, 0.4) is 0 Å². The van der Waals surface area contributed by atoms with Crippen LogP contribution in [-0.4, -0.2) is 57.9 Å². The minimum Gasteiger partial charge on any atom is -0.495 e. The van der Waals surface area contributed by atoms with Crippen molar-refractivity contribution in [2.45, 2.75) is 28.7 Å². The lowest BCUT2D eigenvalue weighted by molar-refractivity contribution is -0.137. The van der Waals surface area contributed by atoms with Crippen molar-refractivity contribution >= 4 is 42.7 Å². The van der Waals surface area contributed by atoms with Crippen molar-refractivity contribution in [3.05, 3.63) is 59.7 Å². The van der Waals surface area contributed by atoms with Gasteiger partial charge in [0.2, 0.25) is 16.0 Å². The predicted molar refractivity (Wildman–Crippen MR) is 147 cm³/mol. The van der Waals surface area contributed by atoms with Crippen LogP contribution in [0.2, 0.25) is 0 Å². The summed E-state index contributed by atoms with van der Waals surface area (Å²) in [6.45, 7) is -2.00. The SMILES string of the molecule is COc1ccc(-c2ccc3nc(NCc4cc(C(F)(F)F)cc(S(N)(=O)=O)c4)nc(NCC(F)(F)F)c3n2)cc1S(C)(=O)=O. The summed E-state index contributed by atoms with van der Waals surface area (Å²) in [5, 5.41) is 9.70. The minimum absolute atomic E-state index is 0.0158. The summed E-state index contributed by atoms with van der Waals surface area (Å²) >= 11 is 0. The largest absolute Gasteiger partial charge is 0.495 e. The summed E-state index contributed by atoms with van der Waals surface area (Å²) in [5.74, 6) is -0.654. The zero-order chi connectivity index (χ0) is 32.7. The van der Waals surface area contributed by atoms with Crippen LogP contribution in [0.15, 0.2) is 58.3 Å². The molecule has 4 aromatic rings. The van der Waals surface area contributed by atoms with E-state index in [-0.39, 0.29) is 44.4 Å². The summed E-state index contributed by atoms with van der Waals surface area (Å²) in [6, 6.07) is 8.89. The van der Waals surface area contributed by atoms with E-state index in [2.05, 4.69) is 25.6 Å². The lowest BCUT2D eigenvalue weighted by Crippen LogP contribution is -2.22. The number of hydrogen-bond donors (Lipinski definition) is 3. The molecule has 0 aliphatic rings. The molecule has 4 rings (SSSR count). The molecule has 2 aromatic carbocycles. The number of alkyl halides is 6. The molecule has 0 fully saturated rings. The van der Waals surface area contributed by atoms with Crippen LogP contribution in [0, 0.1) is 0 Å². The number of halogens is 6. The van der Waals surface area contributed by atoms with Crippen molar-refractivity contribution in [2.24, 2.45) is 5.14 Å². The molecule has 0 bridgehead atoms. The Kier molecular flexibility index (Phi) is 8.69. The highest BCUT2D eigenvalue weighted by molar-refractivity contribution is 7.90. The molecule has 0 aliphatic heterocycles. The number of methoxy groups -OCH3 is 1. The maximum Gasteiger partial charge on any atom is 0.416 e. The third-order valence-electron chi connectivity index (χ3n) is 5.93. The van der Waals surface area contributed by atoms with Crippen LogP contribution in [-0.2, 0) is 32.6 Å². The van der Waals surface area contributed by atoms with Gasteiger partial charge in [0.1, 0.15) is 22.7 Å². The number of ether oxygens (including phenoxy) is 1. The summed E-state index contributed by atoms with van der Waals surface area (Å²) in [6.07, 6.45) is -8.61. The first-order valence-electron chi connectivity index (χ1n) is 12.1. The van der Waals surface area contributed by atoms with E-state index < -0.39 is 61.6 Å². The molecule has 19 heteroatoms. The molecule has 0 unspecified atom stereocenters. The number of rotatable bonds is 9. The first-order chi connectivity index (χ1) is 20.2. The second kappa shape index (κ2) is 11.7. The van der Waals surface area contributed by atoms with E-state index in [4.69, 9.17) is 9.88 Å². The minimum atomic E-state index is -4.90. The highest BCUT2D eigenvalue weighted by Gasteiger charge is 2.32. The standard InChI is InChI=1S/C25H22F6N6O5S2/c1-42-19-6-3-14(9-20(19)43(2,38)39)17-4-5-18-21(35-17)22(34-12-24(26,27)28)37-23(36-18)33-11-13-7-15(25(29,30)31)10-16(8-13)44(32,40)41/h3-10H,11-12H2,1-2H3,(H2,32,40,41)(H2,33,34,36,37). The zero-order valence-electron chi connectivity index (χ0n) is 22.6. The summed E-state index contributed by atoms with van der Waals surface area (Å²) in [5.41, 5.74) is -1.16. The van der Waals surface area contributed by atoms with Gasteiger partial charge in [0.05, 0.1) is 28.8 Å². The van der Waals surface area contributed by atoms with Crippen molar-refractivity contribution in [3.63, 3.8) is 0 Å². The number of nitrogens with two attached hydrogens (primary N) is 1. The monoisotopic (exact) mass is 664 g/mol. The molecule has 0 saturated heterocycles. The predicted octanol–water partition coefficient (Wildman–Crippen LogP) is 4.36. The Morgan fingerprint density at radius 1 is 0.886 bits per heavy atom. The molecule has 2 aromatic heterocycles. The van der Waals surface area contributed by atoms with Crippen molar-refractivity contribution in [1.82, 2.24) is 15.0 Å². The van der Waals surface area contributed by atoms with Crippen LogP contribution >= 0.6 is 0 Å². The molecular weight excluding hydrogens is 642 g/mol. The van der Waals surface area contributed by atoms with E-state index >= 15 is 0 Å². The van der Waals surface area contributed by atoms with Crippen LogP contribution in [0.4, 0.5) is 38.1 Å². The van der Waals surface area contributed by atoms with Crippen molar-refractivity contribution < 1.29 is 47.9 Å². The molecule has 0 saturated carbocycles. The van der Waals surface area contributed by atoms with Gasteiger partial charge in [-0.15, -0.1) is 0 Å². The van der Waals surface area contributed by atoms with Crippen LogP contribution in [0.25, 0.3) is 22.3 Å². The Hall–Kier alpha value is -4.23.